The van der Waals surface area contributed by atoms with E-state index < -0.39 is 0 Å². The number of benzene rings is 3. The molecule has 3 heteroatoms. The van der Waals surface area contributed by atoms with E-state index in [4.69, 9.17) is 9.47 Å². The molecule has 0 saturated carbocycles. The number of carbonyl (C=O) groups is 1. The zero-order chi connectivity index (χ0) is 18.1. The predicted octanol–water partition coefficient (Wildman–Crippen LogP) is 5.71. The second-order valence-corrected chi connectivity index (χ2v) is 6.36. The van der Waals surface area contributed by atoms with Gasteiger partial charge < -0.3 is 9.47 Å². The first-order valence-corrected chi connectivity index (χ1v) is 8.48. The Morgan fingerprint density at radius 2 is 1.58 bits per heavy atom. The summed E-state index contributed by atoms with van der Waals surface area (Å²) in [6, 6.07) is 21.0. The van der Waals surface area contributed by atoms with Crippen molar-refractivity contribution >= 4 is 11.9 Å². The number of ketones is 1. The van der Waals surface area contributed by atoms with Crippen LogP contribution in [-0.2, 0) is 0 Å². The Balaban J connectivity index is 1.61. The SMILES string of the molecule is Cc1cc2c(cc1C)C(=O)/C(=C/c1cccc(Oc3ccccc3)c1)O2. The highest BCUT2D eigenvalue weighted by atomic mass is 16.5. The Kier molecular flexibility index (Phi) is 4.05. The third-order valence-corrected chi connectivity index (χ3v) is 4.42. The topological polar surface area (TPSA) is 35.5 Å². The quantitative estimate of drug-likeness (QED) is 0.572. The number of hydrogen-bond donors (Lipinski definition) is 0. The van der Waals surface area contributed by atoms with Gasteiger partial charge in [0.2, 0.25) is 5.78 Å². The lowest BCUT2D eigenvalue weighted by Gasteiger charge is -2.06. The molecule has 0 amide bonds. The van der Waals surface area contributed by atoms with Crippen molar-refractivity contribution in [2.45, 2.75) is 13.8 Å². The van der Waals surface area contributed by atoms with Crippen molar-refractivity contribution in [2.75, 3.05) is 0 Å². The summed E-state index contributed by atoms with van der Waals surface area (Å²) >= 11 is 0. The fraction of sp³-hybridized carbons (Fsp3) is 0.0870. The van der Waals surface area contributed by atoms with Gasteiger partial charge in [-0.1, -0.05) is 30.3 Å². The van der Waals surface area contributed by atoms with Crippen molar-refractivity contribution in [1.29, 1.82) is 0 Å². The third-order valence-electron chi connectivity index (χ3n) is 4.42. The van der Waals surface area contributed by atoms with Gasteiger partial charge in [0, 0.05) is 0 Å². The van der Waals surface area contributed by atoms with Crippen LogP contribution in [0.25, 0.3) is 6.08 Å². The lowest BCUT2D eigenvalue weighted by Crippen LogP contribution is -1.98. The van der Waals surface area contributed by atoms with Crippen molar-refractivity contribution < 1.29 is 14.3 Å². The van der Waals surface area contributed by atoms with Crippen LogP contribution in [0.15, 0.2) is 72.5 Å². The second kappa shape index (κ2) is 6.52. The van der Waals surface area contributed by atoms with Crippen molar-refractivity contribution in [2.24, 2.45) is 0 Å². The number of fused-ring (bicyclic) bond motifs is 1. The van der Waals surface area contributed by atoms with Gasteiger partial charge in [-0.2, -0.15) is 0 Å². The molecule has 0 aromatic heterocycles. The average molecular weight is 342 g/mol. The fourth-order valence-electron chi connectivity index (χ4n) is 2.89. The highest BCUT2D eigenvalue weighted by Gasteiger charge is 2.27. The molecule has 3 aromatic carbocycles. The van der Waals surface area contributed by atoms with Crippen LogP contribution in [0.1, 0.15) is 27.0 Å². The van der Waals surface area contributed by atoms with Crippen molar-refractivity contribution in [1.82, 2.24) is 0 Å². The number of allylic oxidation sites excluding steroid dienone is 1. The minimum atomic E-state index is -0.0857. The number of Topliss-reactive ketones (excluding diaryl/α,β-unsaturated/α-hetero) is 1. The van der Waals surface area contributed by atoms with E-state index in [1.165, 1.54) is 0 Å². The van der Waals surface area contributed by atoms with Gasteiger partial charge in [-0.15, -0.1) is 0 Å². The summed E-state index contributed by atoms with van der Waals surface area (Å²) < 4.78 is 11.6. The average Bonchev–Trinajstić information content (AvgIpc) is 2.92. The zero-order valence-electron chi connectivity index (χ0n) is 14.7. The normalized spacial score (nSPS) is 14.2. The van der Waals surface area contributed by atoms with Gasteiger partial charge in [0.05, 0.1) is 5.56 Å². The summed E-state index contributed by atoms with van der Waals surface area (Å²) in [6.45, 7) is 4.00. The minimum Gasteiger partial charge on any atom is -0.457 e. The second-order valence-electron chi connectivity index (χ2n) is 6.36. The number of aryl methyl sites for hydroxylation is 2. The monoisotopic (exact) mass is 342 g/mol. The molecule has 0 aliphatic carbocycles. The molecule has 0 fully saturated rings. The highest BCUT2D eigenvalue weighted by Crippen LogP contribution is 2.34. The number of rotatable bonds is 3. The van der Waals surface area contributed by atoms with Crippen molar-refractivity contribution in [3.8, 4) is 17.2 Å². The molecule has 0 N–H and O–H groups in total. The Labute approximate surface area is 152 Å². The van der Waals surface area contributed by atoms with Crippen LogP contribution in [0.2, 0.25) is 0 Å². The Morgan fingerprint density at radius 1 is 0.846 bits per heavy atom. The number of carbonyl (C=O) groups excluding carboxylic acids is 1. The predicted molar refractivity (Wildman–Crippen MR) is 102 cm³/mol. The molecule has 0 saturated heterocycles. The molecule has 128 valence electrons. The first kappa shape index (κ1) is 16.2. The molecule has 3 aromatic rings. The van der Waals surface area contributed by atoms with E-state index in [1.54, 1.807) is 6.08 Å². The van der Waals surface area contributed by atoms with Gasteiger partial charge >= 0.3 is 0 Å². The van der Waals surface area contributed by atoms with Crippen LogP contribution >= 0.6 is 0 Å². The van der Waals surface area contributed by atoms with E-state index in [1.807, 2.05) is 80.6 Å². The van der Waals surface area contributed by atoms with Gasteiger partial charge in [0.25, 0.3) is 0 Å². The summed E-state index contributed by atoms with van der Waals surface area (Å²) in [5.41, 5.74) is 3.66. The fourth-order valence-corrected chi connectivity index (χ4v) is 2.89. The maximum Gasteiger partial charge on any atom is 0.231 e. The summed E-state index contributed by atoms with van der Waals surface area (Å²) in [5, 5.41) is 0. The lowest BCUT2D eigenvalue weighted by molar-refractivity contribution is 0.101. The highest BCUT2D eigenvalue weighted by molar-refractivity contribution is 6.14. The third kappa shape index (κ3) is 3.11. The van der Waals surface area contributed by atoms with E-state index >= 15 is 0 Å². The molecular weight excluding hydrogens is 324 g/mol. The van der Waals surface area contributed by atoms with Crippen LogP contribution in [0.4, 0.5) is 0 Å². The smallest absolute Gasteiger partial charge is 0.231 e. The first-order valence-electron chi connectivity index (χ1n) is 8.48. The molecule has 0 radical (unpaired) electrons. The molecule has 4 rings (SSSR count). The van der Waals surface area contributed by atoms with Crippen LogP contribution < -0.4 is 9.47 Å². The molecular formula is C23H18O3. The molecule has 0 bridgehead atoms. The summed E-state index contributed by atoms with van der Waals surface area (Å²) in [4.78, 5) is 12.6. The molecule has 1 aliphatic heterocycles. The molecule has 0 atom stereocenters. The van der Waals surface area contributed by atoms with E-state index in [-0.39, 0.29) is 5.78 Å². The Hall–Kier alpha value is -3.33. The standard InChI is InChI=1S/C23H18O3/c1-15-11-20-21(12-16(15)2)26-22(23(20)24)14-17-7-6-10-19(13-17)25-18-8-4-3-5-9-18/h3-14H,1-2H3/b22-14-. The van der Waals surface area contributed by atoms with E-state index in [0.717, 1.165) is 22.4 Å². The molecule has 0 unspecified atom stereocenters. The summed E-state index contributed by atoms with van der Waals surface area (Å²) in [7, 11) is 0. The van der Waals surface area contributed by atoms with Gasteiger partial charge in [0.15, 0.2) is 5.76 Å². The molecule has 1 aliphatic rings. The largest absolute Gasteiger partial charge is 0.457 e. The van der Waals surface area contributed by atoms with Crippen LogP contribution in [0.5, 0.6) is 17.2 Å². The van der Waals surface area contributed by atoms with Crippen LogP contribution in [-0.4, -0.2) is 5.78 Å². The van der Waals surface area contributed by atoms with Crippen molar-refractivity contribution in [3.05, 3.63) is 94.7 Å². The van der Waals surface area contributed by atoms with Crippen molar-refractivity contribution in [3.63, 3.8) is 0 Å². The maximum atomic E-state index is 12.6. The molecule has 3 nitrogen and oxygen atoms in total. The summed E-state index contributed by atoms with van der Waals surface area (Å²) in [6.07, 6.45) is 1.75. The number of hydrogen-bond acceptors (Lipinski definition) is 3. The van der Waals surface area contributed by atoms with Crippen LogP contribution in [0, 0.1) is 13.8 Å². The van der Waals surface area contributed by atoms with Gasteiger partial charge in [-0.05, 0) is 73.0 Å². The lowest BCUT2D eigenvalue weighted by atomic mass is 10.0. The van der Waals surface area contributed by atoms with Gasteiger partial charge in [-0.25, -0.2) is 0 Å². The maximum absolute atomic E-state index is 12.6. The van der Waals surface area contributed by atoms with E-state index in [0.29, 0.717) is 22.8 Å². The molecule has 0 spiro atoms. The van der Waals surface area contributed by atoms with Gasteiger partial charge in [0.1, 0.15) is 17.2 Å². The van der Waals surface area contributed by atoms with E-state index in [9.17, 15) is 4.79 Å². The van der Waals surface area contributed by atoms with Crippen LogP contribution in [0.3, 0.4) is 0 Å². The van der Waals surface area contributed by atoms with Gasteiger partial charge in [-0.3, -0.25) is 4.79 Å². The zero-order valence-corrected chi connectivity index (χ0v) is 14.7. The summed E-state index contributed by atoms with van der Waals surface area (Å²) in [5.74, 6) is 2.35. The first-order chi connectivity index (χ1) is 12.6. The Morgan fingerprint density at radius 3 is 2.38 bits per heavy atom. The molecule has 26 heavy (non-hydrogen) atoms. The Bertz CT molecular complexity index is 1020. The van der Waals surface area contributed by atoms with E-state index in [2.05, 4.69) is 0 Å². The minimum absolute atomic E-state index is 0.0857. The number of ether oxygens (including phenoxy) is 2. The molecule has 1 heterocycles. The number of para-hydroxylation sites is 1.